The average Bonchev–Trinajstić information content (AvgIpc) is 3.01. The van der Waals surface area contributed by atoms with Gasteiger partial charge in [0.15, 0.2) is 11.2 Å². The Balaban J connectivity index is 2.26. The molecule has 0 saturated heterocycles. The summed E-state index contributed by atoms with van der Waals surface area (Å²) in [5, 5.41) is 12.7. The molecule has 2 heterocycles. The summed E-state index contributed by atoms with van der Waals surface area (Å²) in [4.78, 5) is 29.5. The Labute approximate surface area is 150 Å². The average molecular weight is 357 g/mol. The molecule has 0 aliphatic rings. The van der Waals surface area contributed by atoms with Crippen molar-refractivity contribution in [2.75, 3.05) is 11.9 Å². The zero-order chi connectivity index (χ0) is 18.8. The zero-order valence-electron chi connectivity index (χ0n) is 15.1. The molecular weight excluding hydrogens is 334 g/mol. The smallest absolute Gasteiger partial charge is 0.332 e. The van der Waals surface area contributed by atoms with E-state index in [0.717, 1.165) is 10.1 Å². The number of aliphatic hydroxyl groups is 1. The van der Waals surface area contributed by atoms with Crippen LogP contribution in [-0.4, -0.2) is 36.4 Å². The minimum absolute atomic E-state index is 0.0536. The molecule has 8 heteroatoms. The Morgan fingerprint density at radius 3 is 2.46 bits per heavy atom. The second-order valence-electron chi connectivity index (χ2n) is 6.32. The lowest BCUT2D eigenvalue weighted by atomic mass is 10.2. The monoisotopic (exact) mass is 357 g/mol. The summed E-state index contributed by atoms with van der Waals surface area (Å²) in [6.45, 7) is 2.32. The quantitative estimate of drug-likeness (QED) is 0.676. The van der Waals surface area contributed by atoms with E-state index >= 15 is 0 Å². The Bertz CT molecular complexity index is 1030. The van der Waals surface area contributed by atoms with E-state index in [2.05, 4.69) is 10.3 Å². The lowest BCUT2D eigenvalue weighted by Gasteiger charge is -2.16. The number of benzene rings is 1. The first kappa shape index (κ1) is 17.9. The first-order valence-electron chi connectivity index (χ1n) is 8.55. The van der Waals surface area contributed by atoms with Gasteiger partial charge in [-0.3, -0.25) is 18.5 Å². The summed E-state index contributed by atoms with van der Waals surface area (Å²) in [5.74, 6) is 0.461. The number of hydrogen-bond donors (Lipinski definition) is 2. The molecule has 0 saturated carbocycles. The fourth-order valence-electron chi connectivity index (χ4n) is 2.94. The number of aliphatic hydroxyl groups excluding tert-OH is 1. The van der Waals surface area contributed by atoms with E-state index in [-0.39, 0.29) is 12.6 Å². The van der Waals surface area contributed by atoms with Crippen molar-refractivity contribution in [2.24, 2.45) is 14.1 Å². The van der Waals surface area contributed by atoms with Crippen molar-refractivity contribution in [2.45, 2.75) is 25.9 Å². The highest BCUT2D eigenvalue weighted by Gasteiger charge is 2.20. The SMILES string of the molecule is CC[C@H](CO)Nc1nc2c(c(=O)n(C)c(=O)n2C)n1Cc1ccccc1. The topological polar surface area (TPSA) is 94.1 Å². The molecule has 0 radical (unpaired) electrons. The minimum Gasteiger partial charge on any atom is -0.394 e. The molecule has 0 amide bonds. The third-order valence-electron chi connectivity index (χ3n) is 4.58. The Morgan fingerprint density at radius 2 is 1.85 bits per heavy atom. The van der Waals surface area contributed by atoms with Crippen molar-refractivity contribution in [1.82, 2.24) is 18.7 Å². The van der Waals surface area contributed by atoms with Gasteiger partial charge in [-0.05, 0) is 12.0 Å². The third-order valence-corrected chi connectivity index (χ3v) is 4.58. The standard InChI is InChI=1S/C18H23N5O3/c1-4-13(11-24)19-17-20-15-14(16(25)22(3)18(26)21(15)2)23(17)10-12-8-6-5-7-9-12/h5-9,13,24H,4,10-11H2,1-3H3,(H,19,20)/t13-/m1/s1. The van der Waals surface area contributed by atoms with Crippen LogP contribution in [0.3, 0.4) is 0 Å². The summed E-state index contributed by atoms with van der Waals surface area (Å²) in [6, 6.07) is 9.52. The zero-order valence-corrected chi connectivity index (χ0v) is 15.1. The summed E-state index contributed by atoms with van der Waals surface area (Å²) in [5.41, 5.74) is 0.866. The molecule has 0 spiro atoms. The molecule has 0 unspecified atom stereocenters. The lowest BCUT2D eigenvalue weighted by Crippen LogP contribution is -2.37. The van der Waals surface area contributed by atoms with E-state index < -0.39 is 11.2 Å². The van der Waals surface area contributed by atoms with Crippen molar-refractivity contribution >= 4 is 17.1 Å². The highest BCUT2D eigenvalue weighted by molar-refractivity contribution is 5.74. The molecule has 26 heavy (non-hydrogen) atoms. The number of imidazole rings is 1. The molecule has 3 aromatic rings. The largest absolute Gasteiger partial charge is 0.394 e. The van der Waals surface area contributed by atoms with E-state index in [1.807, 2.05) is 37.3 Å². The van der Waals surface area contributed by atoms with Gasteiger partial charge in [-0.2, -0.15) is 4.98 Å². The van der Waals surface area contributed by atoms with Gasteiger partial charge in [0.25, 0.3) is 5.56 Å². The minimum atomic E-state index is -0.424. The molecule has 0 fully saturated rings. The molecule has 2 aromatic heterocycles. The van der Waals surface area contributed by atoms with E-state index in [1.165, 1.54) is 11.6 Å². The molecule has 3 rings (SSSR count). The van der Waals surface area contributed by atoms with Gasteiger partial charge in [0.05, 0.1) is 19.2 Å². The van der Waals surface area contributed by atoms with Crippen LogP contribution >= 0.6 is 0 Å². The maximum Gasteiger partial charge on any atom is 0.332 e. The number of nitrogens with zero attached hydrogens (tertiary/aromatic N) is 4. The third kappa shape index (κ3) is 3.03. The summed E-state index contributed by atoms with van der Waals surface area (Å²) < 4.78 is 4.21. The van der Waals surface area contributed by atoms with Gasteiger partial charge in [0, 0.05) is 14.1 Å². The number of anilines is 1. The fourth-order valence-corrected chi connectivity index (χ4v) is 2.94. The van der Waals surface area contributed by atoms with Crippen LogP contribution in [0.1, 0.15) is 18.9 Å². The second kappa shape index (κ2) is 7.17. The van der Waals surface area contributed by atoms with Gasteiger partial charge in [-0.15, -0.1) is 0 Å². The van der Waals surface area contributed by atoms with E-state index in [0.29, 0.717) is 30.1 Å². The normalized spacial score (nSPS) is 12.5. The summed E-state index contributed by atoms with van der Waals surface area (Å²) in [6.07, 6.45) is 0.696. The van der Waals surface area contributed by atoms with Crippen LogP contribution in [-0.2, 0) is 20.6 Å². The van der Waals surface area contributed by atoms with Crippen LogP contribution in [0, 0.1) is 0 Å². The van der Waals surface area contributed by atoms with Gasteiger partial charge in [-0.1, -0.05) is 37.3 Å². The van der Waals surface area contributed by atoms with Crippen LogP contribution in [0.2, 0.25) is 0 Å². The van der Waals surface area contributed by atoms with Crippen LogP contribution < -0.4 is 16.6 Å². The predicted octanol–water partition coefficient (Wildman–Crippen LogP) is 0.665. The van der Waals surface area contributed by atoms with Crippen LogP contribution in [0.5, 0.6) is 0 Å². The number of hydrogen-bond acceptors (Lipinski definition) is 5. The molecule has 2 N–H and O–H groups in total. The maximum atomic E-state index is 12.8. The van der Waals surface area contributed by atoms with Crippen molar-refractivity contribution in [1.29, 1.82) is 0 Å². The van der Waals surface area contributed by atoms with Gasteiger partial charge in [0.2, 0.25) is 5.95 Å². The fraction of sp³-hybridized carbons (Fsp3) is 0.389. The molecule has 0 bridgehead atoms. The van der Waals surface area contributed by atoms with Crippen LogP contribution in [0.25, 0.3) is 11.2 Å². The van der Waals surface area contributed by atoms with Gasteiger partial charge in [0.1, 0.15) is 0 Å². The molecule has 8 nitrogen and oxygen atoms in total. The molecule has 0 aliphatic carbocycles. The molecule has 1 atom stereocenters. The Kier molecular flexibility index (Phi) is 4.94. The maximum absolute atomic E-state index is 12.8. The van der Waals surface area contributed by atoms with E-state index in [9.17, 15) is 14.7 Å². The van der Waals surface area contributed by atoms with Crippen LogP contribution in [0.4, 0.5) is 5.95 Å². The summed E-state index contributed by atoms with van der Waals surface area (Å²) >= 11 is 0. The van der Waals surface area contributed by atoms with Gasteiger partial charge in [-0.25, -0.2) is 4.79 Å². The number of aromatic nitrogens is 4. The van der Waals surface area contributed by atoms with Gasteiger partial charge < -0.3 is 10.4 Å². The molecule has 1 aromatic carbocycles. The Morgan fingerprint density at radius 1 is 1.15 bits per heavy atom. The van der Waals surface area contributed by atoms with Crippen molar-refractivity contribution in [3.63, 3.8) is 0 Å². The number of nitrogens with one attached hydrogen (secondary N) is 1. The number of aryl methyl sites for hydroxylation is 1. The first-order chi connectivity index (χ1) is 12.5. The lowest BCUT2D eigenvalue weighted by molar-refractivity contribution is 0.271. The molecular formula is C18H23N5O3. The van der Waals surface area contributed by atoms with Crippen LogP contribution in [0.15, 0.2) is 39.9 Å². The highest BCUT2D eigenvalue weighted by Crippen LogP contribution is 2.19. The van der Waals surface area contributed by atoms with E-state index in [1.54, 1.807) is 11.6 Å². The summed E-state index contributed by atoms with van der Waals surface area (Å²) in [7, 11) is 3.05. The predicted molar refractivity (Wildman–Crippen MR) is 101 cm³/mol. The van der Waals surface area contributed by atoms with Crippen molar-refractivity contribution < 1.29 is 5.11 Å². The second-order valence-corrected chi connectivity index (χ2v) is 6.32. The number of rotatable bonds is 6. The van der Waals surface area contributed by atoms with Gasteiger partial charge >= 0.3 is 5.69 Å². The molecule has 0 aliphatic heterocycles. The number of fused-ring (bicyclic) bond motifs is 1. The first-order valence-corrected chi connectivity index (χ1v) is 8.55. The Hall–Kier alpha value is -2.87. The van der Waals surface area contributed by atoms with Crippen molar-refractivity contribution in [3.8, 4) is 0 Å². The highest BCUT2D eigenvalue weighted by atomic mass is 16.3. The van der Waals surface area contributed by atoms with E-state index in [4.69, 9.17) is 0 Å². The molecule has 138 valence electrons. The van der Waals surface area contributed by atoms with Crippen molar-refractivity contribution in [3.05, 3.63) is 56.7 Å².